The summed E-state index contributed by atoms with van der Waals surface area (Å²) >= 11 is 0. The first kappa shape index (κ1) is 23.9. The lowest BCUT2D eigenvalue weighted by Gasteiger charge is -2.19. The molecule has 9 nitrogen and oxygen atoms in total. The van der Waals surface area contributed by atoms with Crippen molar-refractivity contribution in [3.63, 3.8) is 0 Å². The zero-order chi connectivity index (χ0) is 25.1. The molecule has 1 atom stereocenters. The normalized spacial score (nSPS) is 17.4. The molecule has 2 aliphatic rings. The molecule has 3 heterocycles. The van der Waals surface area contributed by atoms with Crippen molar-refractivity contribution < 1.29 is 18.8 Å². The molecule has 0 bridgehead atoms. The third-order valence-corrected chi connectivity index (χ3v) is 6.69. The Morgan fingerprint density at radius 1 is 1.08 bits per heavy atom. The van der Waals surface area contributed by atoms with Gasteiger partial charge in [-0.25, -0.2) is 0 Å². The monoisotopic (exact) mass is 489 g/mol. The molecule has 0 radical (unpaired) electrons. The van der Waals surface area contributed by atoms with E-state index in [-0.39, 0.29) is 23.7 Å². The van der Waals surface area contributed by atoms with Crippen molar-refractivity contribution in [2.24, 2.45) is 0 Å². The molecule has 2 fully saturated rings. The average Bonchev–Trinajstić information content (AvgIpc) is 3.66. The first-order valence-corrected chi connectivity index (χ1v) is 12.4. The number of nitrogens with zero attached hydrogens (tertiary/aromatic N) is 2. The van der Waals surface area contributed by atoms with Gasteiger partial charge >= 0.3 is 0 Å². The largest absolute Gasteiger partial charge is 0.399 e. The quantitative estimate of drug-likeness (QED) is 0.429. The second-order valence-electron chi connectivity index (χ2n) is 9.41. The molecule has 36 heavy (non-hydrogen) atoms. The van der Waals surface area contributed by atoms with Crippen LogP contribution < -0.4 is 21.3 Å². The van der Waals surface area contributed by atoms with E-state index >= 15 is 0 Å². The number of benzene rings is 2. The van der Waals surface area contributed by atoms with Crippen molar-refractivity contribution in [1.29, 1.82) is 0 Å². The number of hydrogen-bond donors (Lipinski definition) is 3. The Hall–Kier alpha value is -3.85. The summed E-state index contributed by atoms with van der Waals surface area (Å²) in [7, 11) is 0. The molecule has 2 aliphatic heterocycles. The maximum atomic E-state index is 13.1. The molecular weight excluding hydrogens is 458 g/mol. The molecule has 4 N–H and O–H groups in total. The first-order chi connectivity index (χ1) is 17.5. The van der Waals surface area contributed by atoms with E-state index in [2.05, 4.69) is 20.7 Å². The number of hydrogen-bond acceptors (Lipinski definition) is 7. The van der Waals surface area contributed by atoms with Gasteiger partial charge in [0.1, 0.15) is 5.69 Å². The van der Waals surface area contributed by atoms with Gasteiger partial charge in [0.15, 0.2) is 0 Å². The third-order valence-electron chi connectivity index (χ3n) is 6.69. The minimum atomic E-state index is -0.332. The maximum Gasteiger partial charge on any atom is 0.290 e. The second-order valence-corrected chi connectivity index (χ2v) is 9.41. The van der Waals surface area contributed by atoms with E-state index in [1.807, 2.05) is 37.3 Å². The van der Waals surface area contributed by atoms with Crippen molar-refractivity contribution >= 4 is 28.9 Å². The summed E-state index contributed by atoms with van der Waals surface area (Å²) in [6.07, 6.45) is 4.28. The Labute approximate surface area is 210 Å². The molecule has 3 aromatic rings. The van der Waals surface area contributed by atoms with Crippen LogP contribution in [-0.2, 0) is 4.74 Å². The SMILES string of the molecule is Cc1ccc(NC(=O)c2cc(N)cc(N3CCCC3)c2)cc1-c1cc(C(=O)NCC2CCCO2)on1. The Morgan fingerprint density at radius 2 is 1.92 bits per heavy atom. The topological polar surface area (TPSA) is 123 Å². The first-order valence-electron chi connectivity index (χ1n) is 12.4. The highest BCUT2D eigenvalue weighted by Gasteiger charge is 2.20. The number of anilines is 3. The Morgan fingerprint density at radius 3 is 2.69 bits per heavy atom. The number of rotatable bonds is 7. The number of carbonyl (C=O) groups excluding carboxylic acids is 2. The number of nitrogens with one attached hydrogen (secondary N) is 2. The van der Waals surface area contributed by atoms with E-state index in [0.717, 1.165) is 62.2 Å². The number of nitrogen functional groups attached to an aromatic ring is 1. The minimum Gasteiger partial charge on any atom is -0.399 e. The second kappa shape index (κ2) is 10.4. The van der Waals surface area contributed by atoms with Crippen LogP contribution in [0.25, 0.3) is 11.3 Å². The standard InChI is InChI=1S/C27H31N5O4/c1-17-6-7-20(30-26(33)18-11-19(28)13-21(12-18)32-8-2-3-9-32)14-23(17)24-15-25(36-31-24)27(34)29-16-22-5-4-10-35-22/h6-7,11-15,22H,2-5,8-10,16,28H2,1H3,(H,29,34)(H,30,33). The predicted octanol–water partition coefficient (Wildman–Crippen LogP) is 3.99. The highest BCUT2D eigenvalue weighted by atomic mass is 16.5. The summed E-state index contributed by atoms with van der Waals surface area (Å²) < 4.78 is 10.8. The molecule has 0 spiro atoms. The Kier molecular flexibility index (Phi) is 6.90. The van der Waals surface area contributed by atoms with Crippen LogP contribution in [0.1, 0.15) is 52.2 Å². The lowest BCUT2D eigenvalue weighted by atomic mass is 10.0. The highest BCUT2D eigenvalue weighted by Crippen LogP contribution is 2.28. The molecule has 188 valence electrons. The summed E-state index contributed by atoms with van der Waals surface area (Å²) in [6.45, 7) is 5.05. The third kappa shape index (κ3) is 5.36. The van der Waals surface area contributed by atoms with Gasteiger partial charge in [0.05, 0.1) is 6.10 Å². The van der Waals surface area contributed by atoms with E-state index in [1.165, 1.54) is 0 Å². The summed E-state index contributed by atoms with van der Waals surface area (Å²) in [5.41, 5.74) is 11.0. The zero-order valence-corrected chi connectivity index (χ0v) is 20.4. The fraction of sp³-hybridized carbons (Fsp3) is 0.370. The van der Waals surface area contributed by atoms with Gasteiger partial charge in [-0.1, -0.05) is 11.2 Å². The highest BCUT2D eigenvalue weighted by molar-refractivity contribution is 6.05. The summed E-state index contributed by atoms with van der Waals surface area (Å²) in [5.74, 6) is -0.445. The molecule has 5 rings (SSSR count). The van der Waals surface area contributed by atoms with Crippen molar-refractivity contribution in [1.82, 2.24) is 10.5 Å². The number of amides is 2. The number of carbonyl (C=O) groups is 2. The van der Waals surface area contributed by atoms with Crippen LogP contribution in [0.2, 0.25) is 0 Å². The Bertz CT molecular complexity index is 1260. The Balaban J connectivity index is 1.29. The fourth-order valence-corrected chi connectivity index (χ4v) is 4.71. The molecular formula is C27H31N5O4. The van der Waals surface area contributed by atoms with Crippen molar-refractivity contribution in [2.45, 2.75) is 38.7 Å². The van der Waals surface area contributed by atoms with Crippen LogP contribution in [0.3, 0.4) is 0 Å². The van der Waals surface area contributed by atoms with Crippen molar-refractivity contribution in [3.8, 4) is 11.3 Å². The molecule has 2 aromatic carbocycles. The van der Waals surface area contributed by atoms with Crippen LogP contribution in [0, 0.1) is 6.92 Å². The maximum absolute atomic E-state index is 13.1. The van der Waals surface area contributed by atoms with E-state index < -0.39 is 0 Å². The van der Waals surface area contributed by atoms with Crippen LogP contribution in [-0.4, -0.2) is 49.3 Å². The van der Waals surface area contributed by atoms with E-state index in [4.69, 9.17) is 15.0 Å². The summed E-state index contributed by atoms with van der Waals surface area (Å²) in [5, 5.41) is 9.89. The van der Waals surface area contributed by atoms with Gasteiger partial charge in [-0.2, -0.15) is 0 Å². The lowest BCUT2D eigenvalue weighted by molar-refractivity contribution is 0.0827. The fourth-order valence-electron chi connectivity index (χ4n) is 4.71. The van der Waals surface area contributed by atoms with E-state index in [1.54, 1.807) is 12.1 Å². The van der Waals surface area contributed by atoms with Gasteiger partial charge in [0.25, 0.3) is 11.8 Å². The number of ether oxygens (including phenoxy) is 1. The van der Waals surface area contributed by atoms with Crippen LogP contribution in [0.5, 0.6) is 0 Å². The van der Waals surface area contributed by atoms with Gasteiger partial charge in [0.2, 0.25) is 5.76 Å². The van der Waals surface area contributed by atoms with Crippen LogP contribution in [0.4, 0.5) is 17.1 Å². The van der Waals surface area contributed by atoms with Gasteiger partial charge in [-0.05, 0) is 68.5 Å². The summed E-state index contributed by atoms with van der Waals surface area (Å²) in [4.78, 5) is 27.8. The van der Waals surface area contributed by atoms with Gasteiger partial charge < -0.3 is 30.5 Å². The van der Waals surface area contributed by atoms with Gasteiger partial charge in [-0.3, -0.25) is 9.59 Å². The molecule has 1 unspecified atom stereocenters. The van der Waals surface area contributed by atoms with E-state index in [0.29, 0.717) is 29.2 Å². The predicted molar refractivity (Wildman–Crippen MR) is 138 cm³/mol. The van der Waals surface area contributed by atoms with Crippen LogP contribution >= 0.6 is 0 Å². The minimum absolute atomic E-state index is 0.0466. The molecule has 0 saturated carbocycles. The zero-order valence-electron chi connectivity index (χ0n) is 20.4. The van der Waals surface area contributed by atoms with Crippen molar-refractivity contribution in [2.75, 3.05) is 42.2 Å². The van der Waals surface area contributed by atoms with Gasteiger partial charge in [0, 0.05) is 60.5 Å². The number of nitrogens with two attached hydrogens (primary N) is 1. The van der Waals surface area contributed by atoms with E-state index in [9.17, 15) is 9.59 Å². The molecule has 2 saturated heterocycles. The lowest BCUT2D eigenvalue weighted by Crippen LogP contribution is -2.31. The average molecular weight is 490 g/mol. The molecule has 9 heteroatoms. The van der Waals surface area contributed by atoms with Gasteiger partial charge in [-0.15, -0.1) is 0 Å². The number of aromatic nitrogens is 1. The van der Waals surface area contributed by atoms with Crippen LogP contribution in [0.15, 0.2) is 47.0 Å². The molecule has 0 aliphatic carbocycles. The summed E-state index contributed by atoms with van der Waals surface area (Å²) in [6, 6.07) is 12.6. The molecule has 2 amide bonds. The smallest absolute Gasteiger partial charge is 0.290 e. The number of aryl methyl sites for hydroxylation is 1. The van der Waals surface area contributed by atoms with Crippen molar-refractivity contribution in [3.05, 3.63) is 59.4 Å². The molecule has 1 aromatic heterocycles.